The zero-order valence-electron chi connectivity index (χ0n) is 12.9. The van der Waals surface area contributed by atoms with E-state index in [1.54, 1.807) is 29.2 Å². The van der Waals surface area contributed by atoms with E-state index in [1.807, 2.05) is 31.2 Å². The fourth-order valence-corrected chi connectivity index (χ4v) is 2.95. The largest absolute Gasteiger partial charge is 0.483 e. The Hall–Kier alpha value is -2.82. The minimum atomic E-state index is -0.576. The highest BCUT2D eigenvalue weighted by Gasteiger charge is 2.30. The second-order valence-electron chi connectivity index (χ2n) is 5.59. The molecule has 23 heavy (non-hydrogen) atoms. The maximum absolute atomic E-state index is 12.6. The van der Waals surface area contributed by atoms with Crippen LogP contribution in [-0.4, -0.2) is 24.5 Å². The van der Waals surface area contributed by atoms with E-state index in [-0.39, 0.29) is 24.1 Å². The van der Waals surface area contributed by atoms with Crippen molar-refractivity contribution in [2.75, 3.05) is 11.5 Å². The molecule has 0 aromatic heterocycles. The van der Waals surface area contributed by atoms with Crippen LogP contribution in [0.3, 0.4) is 0 Å². The molecule has 3 rings (SSSR count). The summed E-state index contributed by atoms with van der Waals surface area (Å²) in [7, 11) is 0. The van der Waals surface area contributed by atoms with Crippen molar-refractivity contribution in [1.29, 1.82) is 0 Å². The van der Waals surface area contributed by atoms with E-state index in [2.05, 4.69) is 0 Å². The molecule has 2 aromatic carbocycles. The monoisotopic (exact) mass is 310 g/mol. The molecule has 0 unspecified atom stereocenters. The summed E-state index contributed by atoms with van der Waals surface area (Å²) in [4.78, 5) is 25.7. The van der Waals surface area contributed by atoms with Crippen molar-refractivity contribution in [3.63, 3.8) is 0 Å². The molecule has 0 saturated heterocycles. The number of benzene rings is 2. The second-order valence-corrected chi connectivity index (χ2v) is 5.59. The predicted octanol–water partition coefficient (Wildman–Crippen LogP) is 2.14. The van der Waals surface area contributed by atoms with Crippen molar-refractivity contribution >= 4 is 17.5 Å². The standard InChI is InChI=1S/C18H18N2O3/c1-12-10-13-6-2-4-8-15(13)20(12)17(21)11-23-16-9-5-3-7-14(16)18(19)22/h2-9,12H,10-11H2,1H3,(H2,19,22)/t12-/m1/s1. The number of hydrogen-bond donors (Lipinski definition) is 1. The molecular formula is C18H18N2O3. The first-order valence-electron chi connectivity index (χ1n) is 7.49. The smallest absolute Gasteiger partial charge is 0.265 e. The fourth-order valence-electron chi connectivity index (χ4n) is 2.95. The van der Waals surface area contributed by atoms with Gasteiger partial charge in [-0.1, -0.05) is 30.3 Å². The Kier molecular flexibility index (Phi) is 4.02. The number of carbonyl (C=O) groups excluding carboxylic acids is 2. The lowest BCUT2D eigenvalue weighted by molar-refractivity contribution is -0.120. The maximum atomic E-state index is 12.6. The van der Waals surface area contributed by atoms with Gasteiger partial charge in [0.05, 0.1) is 5.56 Å². The highest BCUT2D eigenvalue weighted by atomic mass is 16.5. The van der Waals surface area contributed by atoms with Gasteiger partial charge < -0.3 is 15.4 Å². The molecule has 1 aliphatic rings. The number of rotatable bonds is 4. The van der Waals surface area contributed by atoms with Crippen LogP contribution >= 0.6 is 0 Å². The molecule has 2 aromatic rings. The zero-order valence-corrected chi connectivity index (χ0v) is 12.9. The third-order valence-corrected chi connectivity index (χ3v) is 3.98. The summed E-state index contributed by atoms with van der Waals surface area (Å²) in [5.41, 5.74) is 7.67. The fraction of sp³-hybridized carbons (Fsp3) is 0.222. The van der Waals surface area contributed by atoms with Crippen molar-refractivity contribution in [2.45, 2.75) is 19.4 Å². The Morgan fingerprint density at radius 3 is 2.65 bits per heavy atom. The first-order valence-corrected chi connectivity index (χ1v) is 7.49. The van der Waals surface area contributed by atoms with Gasteiger partial charge in [0.25, 0.3) is 11.8 Å². The summed E-state index contributed by atoms with van der Waals surface area (Å²) in [6.45, 7) is 1.87. The molecule has 1 atom stereocenters. The number of nitrogens with zero attached hydrogens (tertiary/aromatic N) is 1. The normalized spacial score (nSPS) is 16.0. The van der Waals surface area contributed by atoms with E-state index in [0.717, 1.165) is 17.7 Å². The maximum Gasteiger partial charge on any atom is 0.265 e. The van der Waals surface area contributed by atoms with Crippen LogP contribution in [0.4, 0.5) is 5.69 Å². The number of hydrogen-bond acceptors (Lipinski definition) is 3. The number of primary amides is 1. The van der Waals surface area contributed by atoms with E-state index in [1.165, 1.54) is 0 Å². The summed E-state index contributed by atoms with van der Waals surface area (Å²) < 4.78 is 5.54. The zero-order chi connectivity index (χ0) is 16.4. The van der Waals surface area contributed by atoms with Crippen molar-refractivity contribution < 1.29 is 14.3 Å². The Morgan fingerprint density at radius 2 is 1.87 bits per heavy atom. The summed E-state index contributed by atoms with van der Waals surface area (Å²) in [6.07, 6.45) is 0.833. The summed E-state index contributed by atoms with van der Waals surface area (Å²) in [5.74, 6) is -0.386. The number of para-hydroxylation sites is 2. The van der Waals surface area contributed by atoms with Crippen LogP contribution in [0.15, 0.2) is 48.5 Å². The Labute approximate surface area is 134 Å². The number of ether oxygens (including phenoxy) is 1. The highest BCUT2D eigenvalue weighted by Crippen LogP contribution is 2.31. The first-order chi connectivity index (χ1) is 11.1. The van der Waals surface area contributed by atoms with Crippen LogP contribution in [0.2, 0.25) is 0 Å². The third-order valence-electron chi connectivity index (χ3n) is 3.98. The van der Waals surface area contributed by atoms with E-state index in [9.17, 15) is 9.59 Å². The minimum absolute atomic E-state index is 0.0925. The van der Waals surface area contributed by atoms with Gasteiger partial charge in [-0.2, -0.15) is 0 Å². The number of anilines is 1. The van der Waals surface area contributed by atoms with Gasteiger partial charge in [-0.25, -0.2) is 0 Å². The van der Waals surface area contributed by atoms with Gasteiger partial charge in [-0.3, -0.25) is 9.59 Å². The van der Waals surface area contributed by atoms with E-state index in [4.69, 9.17) is 10.5 Å². The molecule has 0 bridgehead atoms. The molecule has 0 saturated carbocycles. The lowest BCUT2D eigenvalue weighted by atomic mass is 10.1. The number of nitrogens with two attached hydrogens (primary N) is 1. The Morgan fingerprint density at radius 1 is 1.17 bits per heavy atom. The number of fused-ring (bicyclic) bond motifs is 1. The van der Waals surface area contributed by atoms with Gasteiger partial charge in [0, 0.05) is 11.7 Å². The molecule has 0 aliphatic carbocycles. The van der Waals surface area contributed by atoms with Crippen LogP contribution in [0.25, 0.3) is 0 Å². The molecule has 2 N–H and O–H groups in total. The Bertz CT molecular complexity index is 757. The second kappa shape index (κ2) is 6.12. The van der Waals surface area contributed by atoms with E-state index in [0.29, 0.717) is 5.75 Å². The van der Waals surface area contributed by atoms with Gasteiger partial charge in [-0.15, -0.1) is 0 Å². The van der Waals surface area contributed by atoms with E-state index >= 15 is 0 Å². The summed E-state index contributed by atoms with van der Waals surface area (Å²) in [6, 6.07) is 14.6. The lowest BCUT2D eigenvalue weighted by Gasteiger charge is -2.23. The van der Waals surface area contributed by atoms with Crippen molar-refractivity contribution in [2.24, 2.45) is 5.73 Å². The van der Waals surface area contributed by atoms with Crippen LogP contribution in [0.1, 0.15) is 22.8 Å². The molecule has 0 spiro atoms. The van der Waals surface area contributed by atoms with Gasteiger partial charge >= 0.3 is 0 Å². The van der Waals surface area contributed by atoms with Crippen LogP contribution in [0.5, 0.6) is 5.75 Å². The van der Waals surface area contributed by atoms with Crippen molar-refractivity contribution in [1.82, 2.24) is 0 Å². The van der Waals surface area contributed by atoms with E-state index < -0.39 is 5.91 Å². The van der Waals surface area contributed by atoms with Crippen molar-refractivity contribution in [3.8, 4) is 5.75 Å². The van der Waals surface area contributed by atoms with Gasteiger partial charge in [0.15, 0.2) is 6.61 Å². The lowest BCUT2D eigenvalue weighted by Crippen LogP contribution is -2.39. The van der Waals surface area contributed by atoms with Gasteiger partial charge in [0.1, 0.15) is 5.75 Å². The van der Waals surface area contributed by atoms with Gasteiger partial charge in [0.2, 0.25) is 0 Å². The summed E-state index contributed by atoms with van der Waals surface area (Å²) in [5, 5.41) is 0. The molecule has 1 aliphatic heterocycles. The van der Waals surface area contributed by atoms with Crippen LogP contribution in [-0.2, 0) is 11.2 Å². The topological polar surface area (TPSA) is 72.6 Å². The molecule has 1 heterocycles. The summed E-state index contributed by atoms with van der Waals surface area (Å²) >= 11 is 0. The quantitative estimate of drug-likeness (QED) is 0.940. The average Bonchev–Trinajstić information content (AvgIpc) is 2.88. The highest BCUT2D eigenvalue weighted by molar-refractivity contribution is 5.98. The molecule has 118 valence electrons. The number of amides is 2. The molecule has 5 nitrogen and oxygen atoms in total. The van der Waals surface area contributed by atoms with Crippen molar-refractivity contribution in [3.05, 3.63) is 59.7 Å². The third kappa shape index (κ3) is 2.90. The van der Waals surface area contributed by atoms with Gasteiger partial charge in [-0.05, 0) is 37.1 Å². The van der Waals surface area contributed by atoms with Crippen LogP contribution < -0.4 is 15.4 Å². The minimum Gasteiger partial charge on any atom is -0.483 e. The first kappa shape index (κ1) is 15.1. The predicted molar refractivity (Wildman–Crippen MR) is 87.5 cm³/mol. The molecule has 2 amide bonds. The molecule has 5 heteroatoms. The SMILES string of the molecule is C[C@@H]1Cc2ccccc2N1C(=O)COc1ccccc1C(N)=O. The van der Waals surface area contributed by atoms with Crippen LogP contribution in [0, 0.1) is 0 Å². The number of carbonyl (C=O) groups is 2. The molecular weight excluding hydrogens is 292 g/mol. The Balaban J connectivity index is 1.75. The molecule has 0 radical (unpaired) electrons. The molecule has 0 fully saturated rings. The average molecular weight is 310 g/mol.